The maximum atomic E-state index is 11.5. The van der Waals surface area contributed by atoms with Gasteiger partial charge in [0.25, 0.3) is 0 Å². The summed E-state index contributed by atoms with van der Waals surface area (Å²) < 4.78 is 24.5. The van der Waals surface area contributed by atoms with Gasteiger partial charge < -0.3 is 10.6 Å². The molecule has 7 heteroatoms. The summed E-state index contributed by atoms with van der Waals surface area (Å²) in [6.07, 6.45) is 6.83. The van der Waals surface area contributed by atoms with Crippen molar-refractivity contribution < 1.29 is 8.42 Å². The molecule has 1 unspecified atom stereocenters. The van der Waals surface area contributed by atoms with E-state index in [1.54, 1.807) is 0 Å². The molecular formula is C16H36N4O2S. The van der Waals surface area contributed by atoms with Gasteiger partial charge in [-0.25, -0.2) is 12.7 Å². The number of nitrogens with zero attached hydrogens (tertiary/aromatic N) is 2. The summed E-state index contributed by atoms with van der Waals surface area (Å²) in [4.78, 5) is 4.54. The Kier molecular flexibility index (Phi) is 12.1. The van der Waals surface area contributed by atoms with Crippen LogP contribution in [0.4, 0.5) is 0 Å². The van der Waals surface area contributed by atoms with E-state index in [0.717, 1.165) is 25.3 Å². The van der Waals surface area contributed by atoms with Gasteiger partial charge in [0, 0.05) is 32.2 Å². The van der Waals surface area contributed by atoms with Gasteiger partial charge >= 0.3 is 0 Å². The molecule has 0 fully saturated rings. The molecule has 0 saturated carbocycles. The predicted molar refractivity (Wildman–Crippen MR) is 99.4 cm³/mol. The Morgan fingerprint density at radius 1 is 1.17 bits per heavy atom. The van der Waals surface area contributed by atoms with Crippen LogP contribution >= 0.6 is 0 Å². The zero-order chi connectivity index (χ0) is 17.7. The minimum atomic E-state index is -3.10. The fourth-order valence-electron chi connectivity index (χ4n) is 2.32. The molecule has 0 aromatic carbocycles. The van der Waals surface area contributed by atoms with Crippen molar-refractivity contribution in [2.75, 3.05) is 32.4 Å². The second kappa shape index (κ2) is 12.6. The van der Waals surface area contributed by atoms with Gasteiger partial charge in [-0.15, -0.1) is 0 Å². The first-order chi connectivity index (χ1) is 10.8. The Morgan fingerprint density at radius 3 is 2.39 bits per heavy atom. The molecule has 0 aliphatic carbocycles. The standard InChI is InChI=1S/C16H36N4O2S/c1-6-9-10-12-15(4)19-16(17-7-2)18-13-11-14-20(8-3)23(5,21)22/h15H,6-14H2,1-5H3,(H2,17,18,19). The van der Waals surface area contributed by atoms with Crippen LogP contribution in [0.15, 0.2) is 4.99 Å². The van der Waals surface area contributed by atoms with E-state index in [-0.39, 0.29) is 0 Å². The van der Waals surface area contributed by atoms with Crippen LogP contribution in [0.25, 0.3) is 0 Å². The monoisotopic (exact) mass is 348 g/mol. The van der Waals surface area contributed by atoms with Crippen molar-refractivity contribution in [2.45, 2.75) is 65.8 Å². The lowest BCUT2D eigenvalue weighted by molar-refractivity contribution is 0.427. The average molecular weight is 349 g/mol. The number of rotatable bonds is 12. The minimum Gasteiger partial charge on any atom is -0.357 e. The smallest absolute Gasteiger partial charge is 0.211 e. The van der Waals surface area contributed by atoms with Crippen LogP contribution in [-0.4, -0.2) is 57.2 Å². The maximum Gasteiger partial charge on any atom is 0.211 e. The van der Waals surface area contributed by atoms with Crippen molar-refractivity contribution in [3.8, 4) is 0 Å². The molecule has 0 aromatic heterocycles. The number of nitrogens with one attached hydrogen (secondary N) is 2. The zero-order valence-corrected chi connectivity index (χ0v) is 16.4. The highest BCUT2D eigenvalue weighted by atomic mass is 32.2. The molecule has 138 valence electrons. The third kappa shape index (κ3) is 11.4. The first-order valence-corrected chi connectivity index (χ1v) is 10.7. The number of guanidine groups is 1. The Morgan fingerprint density at radius 2 is 1.87 bits per heavy atom. The maximum absolute atomic E-state index is 11.5. The molecule has 2 N–H and O–H groups in total. The van der Waals surface area contributed by atoms with Crippen molar-refractivity contribution in [1.82, 2.24) is 14.9 Å². The van der Waals surface area contributed by atoms with Crippen molar-refractivity contribution in [3.63, 3.8) is 0 Å². The summed E-state index contributed by atoms with van der Waals surface area (Å²) in [5.41, 5.74) is 0. The van der Waals surface area contributed by atoms with Crippen LogP contribution in [0.5, 0.6) is 0 Å². The van der Waals surface area contributed by atoms with E-state index in [1.807, 2.05) is 13.8 Å². The predicted octanol–water partition coefficient (Wildman–Crippen LogP) is 2.18. The van der Waals surface area contributed by atoms with Crippen molar-refractivity contribution >= 4 is 16.0 Å². The number of sulfonamides is 1. The van der Waals surface area contributed by atoms with Gasteiger partial charge in [0.1, 0.15) is 0 Å². The molecule has 23 heavy (non-hydrogen) atoms. The first kappa shape index (κ1) is 22.2. The van der Waals surface area contributed by atoms with Crippen LogP contribution < -0.4 is 10.6 Å². The van der Waals surface area contributed by atoms with Crippen LogP contribution in [0.2, 0.25) is 0 Å². The lowest BCUT2D eigenvalue weighted by atomic mass is 10.1. The normalized spacial score (nSPS) is 14.1. The van der Waals surface area contributed by atoms with Gasteiger partial charge in [-0.2, -0.15) is 0 Å². The molecule has 1 atom stereocenters. The third-order valence-corrected chi connectivity index (χ3v) is 5.00. The van der Waals surface area contributed by atoms with Crippen LogP contribution in [-0.2, 0) is 10.0 Å². The van der Waals surface area contributed by atoms with Gasteiger partial charge in [0.15, 0.2) is 5.96 Å². The van der Waals surface area contributed by atoms with Gasteiger partial charge in [-0.1, -0.05) is 33.1 Å². The van der Waals surface area contributed by atoms with E-state index in [9.17, 15) is 8.42 Å². The topological polar surface area (TPSA) is 73.8 Å². The second-order valence-electron chi connectivity index (χ2n) is 5.91. The zero-order valence-electron chi connectivity index (χ0n) is 15.6. The van der Waals surface area contributed by atoms with E-state index in [4.69, 9.17) is 0 Å². The Hall–Kier alpha value is -0.820. The molecule has 6 nitrogen and oxygen atoms in total. The van der Waals surface area contributed by atoms with Gasteiger partial charge in [-0.3, -0.25) is 4.99 Å². The van der Waals surface area contributed by atoms with E-state index < -0.39 is 10.0 Å². The van der Waals surface area contributed by atoms with Crippen LogP contribution in [0.1, 0.15) is 59.8 Å². The number of hydrogen-bond acceptors (Lipinski definition) is 3. The number of unbranched alkanes of at least 4 members (excludes halogenated alkanes) is 2. The number of aliphatic imine (C=N–C) groups is 1. The molecule has 0 aromatic rings. The molecule has 0 bridgehead atoms. The highest BCUT2D eigenvalue weighted by Crippen LogP contribution is 2.03. The summed E-state index contributed by atoms with van der Waals surface area (Å²) in [5, 5.41) is 6.66. The van der Waals surface area contributed by atoms with Crippen molar-refractivity contribution in [2.24, 2.45) is 4.99 Å². The largest absolute Gasteiger partial charge is 0.357 e. The van der Waals surface area contributed by atoms with Crippen molar-refractivity contribution in [1.29, 1.82) is 0 Å². The van der Waals surface area contributed by atoms with Gasteiger partial charge in [-0.05, 0) is 26.7 Å². The molecule has 0 aliphatic heterocycles. The van der Waals surface area contributed by atoms with Crippen LogP contribution in [0, 0.1) is 0 Å². The summed E-state index contributed by atoms with van der Waals surface area (Å²) in [7, 11) is -3.10. The molecule has 0 rings (SSSR count). The second-order valence-corrected chi connectivity index (χ2v) is 7.89. The minimum absolute atomic E-state index is 0.391. The Labute approximate surface area is 143 Å². The highest BCUT2D eigenvalue weighted by molar-refractivity contribution is 7.88. The lowest BCUT2D eigenvalue weighted by Crippen LogP contribution is -2.42. The van der Waals surface area contributed by atoms with E-state index in [1.165, 1.54) is 29.8 Å². The molecule has 0 spiro atoms. The molecule has 0 amide bonds. The molecule has 0 radical (unpaired) electrons. The van der Waals surface area contributed by atoms with Gasteiger partial charge in [0.2, 0.25) is 10.0 Å². The summed E-state index contributed by atoms with van der Waals surface area (Å²) in [6, 6.07) is 0.391. The first-order valence-electron chi connectivity index (χ1n) is 8.85. The molecular weight excluding hydrogens is 312 g/mol. The quantitative estimate of drug-likeness (QED) is 0.322. The number of hydrogen-bond donors (Lipinski definition) is 2. The fraction of sp³-hybridized carbons (Fsp3) is 0.938. The molecule has 0 heterocycles. The van der Waals surface area contributed by atoms with Crippen molar-refractivity contribution in [3.05, 3.63) is 0 Å². The molecule has 0 aliphatic rings. The summed E-state index contributed by atoms with van der Waals surface area (Å²) >= 11 is 0. The van der Waals surface area contributed by atoms with E-state index in [0.29, 0.717) is 25.7 Å². The van der Waals surface area contributed by atoms with Crippen LogP contribution in [0.3, 0.4) is 0 Å². The SMILES string of the molecule is CCCCCC(C)NC(=NCCCN(CC)S(C)(=O)=O)NCC. The lowest BCUT2D eigenvalue weighted by Gasteiger charge is -2.19. The Balaban J connectivity index is 4.30. The summed E-state index contributed by atoms with van der Waals surface area (Å²) in [5.74, 6) is 0.818. The van der Waals surface area contributed by atoms with E-state index >= 15 is 0 Å². The highest BCUT2D eigenvalue weighted by Gasteiger charge is 2.13. The third-order valence-electron chi connectivity index (χ3n) is 3.63. The Bertz CT molecular complexity index is 424. The van der Waals surface area contributed by atoms with E-state index in [2.05, 4.69) is 29.5 Å². The fourth-order valence-corrected chi connectivity index (χ4v) is 3.25. The molecule has 0 saturated heterocycles. The summed E-state index contributed by atoms with van der Waals surface area (Å²) in [6.45, 7) is 10.7. The van der Waals surface area contributed by atoms with Gasteiger partial charge in [0.05, 0.1) is 6.26 Å². The average Bonchev–Trinajstić information content (AvgIpc) is 2.46.